The van der Waals surface area contributed by atoms with Crippen molar-refractivity contribution in [3.63, 3.8) is 0 Å². The number of carbonyl (C=O) groups excluding carboxylic acids is 1. The van der Waals surface area contributed by atoms with E-state index in [9.17, 15) is 9.18 Å². The molecule has 0 unspecified atom stereocenters. The Labute approximate surface area is 154 Å². The molecule has 7 nitrogen and oxygen atoms in total. The number of benzene rings is 1. The van der Waals surface area contributed by atoms with Crippen LogP contribution in [-0.4, -0.2) is 32.0 Å². The minimum absolute atomic E-state index is 0.0156. The van der Waals surface area contributed by atoms with Crippen LogP contribution in [0.25, 0.3) is 0 Å². The molecule has 0 spiro atoms. The molecule has 0 atom stereocenters. The average molecular weight is 378 g/mol. The fourth-order valence-corrected chi connectivity index (χ4v) is 2.40. The summed E-state index contributed by atoms with van der Waals surface area (Å²) in [5, 5.41) is 11.0. The Morgan fingerprint density at radius 2 is 2.15 bits per heavy atom. The van der Waals surface area contributed by atoms with Gasteiger partial charge in [0, 0.05) is 37.7 Å². The number of nitrogens with zero attached hydrogens (tertiary/aromatic N) is 4. The second kappa shape index (κ2) is 8.48. The van der Waals surface area contributed by atoms with Crippen LogP contribution in [0.3, 0.4) is 0 Å². The maximum Gasteiger partial charge on any atom is 0.271 e. The molecule has 1 aromatic carbocycles. The van der Waals surface area contributed by atoms with Crippen LogP contribution in [0.4, 0.5) is 4.39 Å². The van der Waals surface area contributed by atoms with E-state index in [1.54, 1.807) is 23.1 Å². The monoisotopic (exact) mass is 377 g/mol. The van der Waals surface area contributed by atoms with Crippen LogP contribution in [-0.2, 0) is 13.3 Å². The highest BCUT2D eigenvalue weighted by molar-refractivity contribution is 6.30. The van der Waals surface area contributed by atoms with Crippen molar-refractivity contribution in [2.45, 2.75) is 19.7 Å². The first-order chi connectivity index (χ1) is 12.6. The molecule has 26 heavy (non-hydrogen) atoms. The highest BCUT2D eigenvalue weighted by atomic mass is 35.5. The van der Waals surface area contributed by atoms with Crippen molar-refractivity contribution < 1.29 is 13.9 Å². The van der Waals surface area contributed by atoms with E-state index in [0.717, 1.165) is 13.0 Å². The molecule has 3 aromatic rings. The molecule has 0 aliphatic rings. The molecule has 1 N–H and O–H groups in total. The first kappa shape index (κ1) is 17.9. The van der Waals surface area contributed by atoms with Gasteiger partial charge in [-0.15, -0.1) is 0 Å². The van der Waals surface area contributed by atoms with E-state index >= 15 is 0 Å². The Bertz CT molecular complexity index is 866. The summed E-state index contributed by atoms with van der Waals surface area (Å²) in [6, 6.07) is 7.53. The van der Waals surface area contributed by atoms with E-state index < -0.39 is 5.82 Å². The number of nitrogens with one attached hydrogen (secondary N) is 1. The third-order valence-electron chi connectivity index (χ3n) is 3.54. The lowest BCUT2D eigenvalue weighted by atomic mass is 10.3. The quantitative estimate of drug-likeness (QED) is 0.612. The second-order valence-corrected chi connectivity index (χ2v) is 5.88. The van der Waals surface area contributed by atoms with Crippen LogP contribution in [0.5, 0.6) is 5.75 Å². The van der Waals surface area contributed by atoms with E-state index in [0.29, 0.717) is 18.0 Å². The summed E-state index contributed by atoms with van der Waals surface area (Å²) in [6.45, 7) is 1.33. The van der Waals surface area contributed by atoms with Crippen LogP contribution in [0.15, 0.2) is 48.9 Å². The number of carbonyl (C=O) groups is 1. The maximum atomic E-state index is 13.1. The maximum absolute atomic E-state index is 13.1. The molecular formula is C17H17ClFN5O2. The van der Waals surface area contributed by atoms with Gasteiger partial charge in [0.1, 0.15) is 17.3 Å². The van der Waals surface area contributed by atoms with Gasteiger partial charge in [-0.2, -0.15) is 10.2 Å². The van der Waals surface area contributed by atoms with Gasteiger partial charge in [-0.1, -0.05) is 11.6 Å². The van der Waals surface area contributed by atoms with Crippen molar-refractivity contribution in [3.8, 4) is 5.75 Å². The molecule has 0 saturated carbocycles. The average Bonchev–Trinajstić information content (AvgIpc) is 3.31. The zero-order chi connectivity index (χ0) is 18.4. The molecular weight excluding hydrogens is 361 g/mol. The SMILES string of the molecule is O=C(NCCCn1cccn1)c1ccn(COc2ccc(F)c(Cl)c2)n1. The molecule has 2 aromatic heterocycles. The van der Waals surface area contributed by atoms with Gasteiger partial charge in [0.05, 0.1) is 5.02 Å². The van der Waals surface area contributed by atoms with Crippen molar-refractivity contribution in [1.82, 2.24) is 24.9 Å². The fraction of sp³-hybridized carbons (Fsp3) is 0.235. The Kier molecular flexibility index (Phi) is 5.85. The lowest BCUT2D eigenvalue weighted by Crippen LogP contribution is -2.26. The van der Waals surface area contributed by atoms with Gasteiger partial charge in [0.2, 0.25) is 0 Å². The van der Waals surface area contributed by atoms with Crippen LogP contribution >= 0.6 is 11.6 Å². The van der Waals surface area contributed by atoms with Gasteiger partial charge < -0.3 is 10.1 Å². The summed E-state index contributed by atoms with van der Waals surface area (Å²) in [5.74, 6) is -0.352. The van der Waals surface area contributed by atoms with Crippen molar-refractivity contribution in [3.05, 3.63) is 65.5 Å². The third-order valence-corrected chi connectivity index (χ3v) is 3.83. The van der Waals surface area contributed by atoms with Gasteiger partial charge in [0.15, 0.2) is 6.73 Å². The van der Waals surface area contributed by atoms with E-state index in [1.807, 2.05) is 12.3 Å². The second-order valence-electron chi connectivity index (χ2n) is 5.47. The molecule has 0 aliphatic carbocycles. The van der Waals surface area contributed by atoms with Crippen LogP contribution in [0, 0.1) is 5.82 Å². The van der Waals surface area contributed by atoms with Gasteiger partial charge in [-0.05, 0) is 30.7 Å². The van der Waals surface area contributed by atoms with Crippen LogP contribution in [0.2, 0.25) is 5.02 Å². The van der Waals surface area contributed by atoms with E-state index in [4.69, 9.17) is 16.3 Å². The minimum atomic E-state index is -0.510. The highest BCUT2D eigenvalue weighted by Gasteiger charge is 2.09. The molecule has 0 saturated heterocycles. The Morgan fingerprint density at radius 1 is 1.27 bits per heavy atom. The zero-order valence-electron chi connectivity index (χ0n) is 13.8. The fourth-order valence-electron chi connectivity index (χ4n) is 2.23. The minimum Gasteiger partial charge on any atom is -0.471 e. The summed E-state index contributed by atoms with van der Waals surface area (Å²) < 4.78 is 21.8. The first-order valence-electron chi connectivity index (χ1n) is 7.99. The van der Waals surface area contributed by atoms with Gasteiger partial charge >= 0.3 is 0 Å². The van der Waals surface area contributed by atoms with Crippen LogP contribution in [0.1, 0.15) is 16.9 Å². The summed E-state index contributed by atoms with van der Waals surface area (Å²) in [4.78, 5) is 12.1. The highest BCUT2D eigenvalue weighted by Crippen LogP contribution is 2.21. The Morgan fingerprint density at radius 3 is 2.92 bits per heavy atom. The Hall–Kier alpha value is -2.87. The third kappa shape index (κ3) is 4.82. The smallest absolute Gasteiger partial charge is 0.271 e. The number of rotatable bonds is 8. The molecule has 0 aliphatic heterocycles. The summed E-state index contributed by atoms with van der Waals surface area (Å²) in [5.41, 5.74) is 0.296. The number of amides is 1. The van der Waals surface area contributed by atoms with Crippen molar-refractivity contribution in [1.29, 1.82) is 0 Å². The van der Waals surface area contributed by atoms with Crippen molar-refractivity contribution in [2.24, 2.45) is 0 Å². The number of aryl methyl sites for hydroxylation is 1. The number of hydrogen-bond donors (Lipinski definition) is 1. The molecule has 1 amide bonds. The summed E-state index contributed by atoms with van der Waals surface area (Å²) in [7, 11) is 0. The molecule has 0 radical (unpaired) electrons. The molecule has 3 rings (SSSR count). The van der Waals surface area contributed by atoms with Gasteiger partial charge in [-0.25, -0.2) is 9.07 Å². The normalized spacial score (nSPS) is 10.7. The number of ether oxygens (including phenoxy) is 1. The number of hydrogen-bond acceptors (Lipinski definition) is 4. The molecule has 0 bridgehead atoms. The molecule has 136 valence electrons. The molecule has 9 heteroatoms. The van der Waals surface area contributed by atoms with E-state index in [-0.39, 0.29) is 17.7 Å². The topological polar surface area (TPSA) is 74.0 Å². The summed E-state index contributed by atoms with van der Waals surface area (Å²) in [6.07, 6.45) is 5.98. The molecule has 2 heterocycles. The van der Waals surface area contributed by atoms with Crippen molar-refractivity contribution >= 4 is 17.5 Å². The first-order valence-corrected chi connectivity index (χ1v) is 8.36. The van der Waals surface area contributed by atoms with E-state index in [2.05, 4.69) is 15.5 Å². The lowest BCUT2D eigenvalue weighted by Gasteiger charge is -2.07. The number of halogens is 2. The predicted octanol–water partition coefficient (Wildman–Crippen LogP) is 2.73. The lowest BCUT2D eigenvalue weighted by molar-refractivity contribution is 0.0945. The number of aromatic nitrogens is 4. The van der Waals surface area contributed by atoms with Crippen molar-refractivity contribution in [2.75, 3.05) is 6.54 Å². The standard InChI is InChI=1S/C17H17ClFN5O2/c18-14-11-13(3-4-15(14)19)26-12-24-10-5-16(22-24)17(25)20-6-1-8-23-9-2-7-21-23/h2-5,7,9-11H,1,6,8,12H2,(H,20,25). The Balaban J connectivity index is 1.44. The zero-order valence-corrected chi connectivity index (χ0v) is 14.6. The van der Waals surface area contributed by atoms with E-state index in [1.165, 1.54) is 22.9 Å². The summed E-state index contributed by atoms with van der Waals surface area (Å²) >= 11 is 5.70. The predicted molar refractivity (Wildman–Crippen MR) is 93.4 cm³/mol. The molecule has 0 fully saturated rings. The van der Waals surface area contributed by atoms with Gasteiger partial charge in [0.25, 0.3) is 5.91 Å². The van der Waals surface area contributed by atoms with Crippen LogP contribution < -0.4 is 10.1 Å². The van der Waals surface area contributed by atoms with Gasteiger partial charge in [-0.3, -0.25) is 9.48 Å². The largest absolute Gasteiger partial charge is 0.471 e.